The molecule has 0 atom stereocenters. The smallest absolute Gasteiger partial charge is 0.268 e. The Morgan fingerprint density at radius 1 is 1.03 bits per heavy atom. The summed E-state index contributed by atoms with van der Waals surface area (Å²) in [5, 5.41) is 11.7. The van der Waals surface area contributed by atoms with E-state index in [-0.39, 0.29) is 15.7 Å². The number of piperidine rings is 1. The van der Waals surface area contributed by atoms with E-state index >= 15 is 0 Å². The zero-order valence-electron chi connectivity index (χ0n) is 15.4. The van der Waals surface area contributed by atoms with E-state index in [1.54, 1.807) is 36.4 Å². The van der Waals surface area contributed by atoms with Crippen LogP contribution in [0.25, 0.3) is 0 Å². The highest BCUT2D eigenvalue weighted by molar-refractivity contribution is 7.93. The normalized spacial score (nSPS) is 16.1. The fourth-order valence-electron chi connectivity index (χ4n) is 3.16. The second-order valence-corrected chi connectivity index (χ2v) is 8.74. The number of para-hydroxylation sites is 2. The first kappa shape index (κ1) is 20.5. The first-order chi connectivity index (χ1) is 13.7. The minimum Gasteiger partial charge on any atom is -0.456 e. The van der Waals surface area contributed by atoms with Crippen LogP contribution < -0.4 is 10.1 Å². The standard InChI is InChI=1S/C19H18N2O7S/c1-21(25)18(24)19(11-16(22)20-17(23)12-19)29(26,27)15-10-6-5-9-14(15)28-13-7-3-2-4-8-13/h2-10,25H,11-12H2,1H3,(H,20,22,23). The van der Waals surface area contributed by atoms with Gasteiger partial charge in [-0.1, -0.05) is 30.3 Å². The summed E-state index contributed by atoms with van der Waals surface area (Å²) in [5.74, 6) is -2.87. The summed E-state index contributed by atoms with van der Waals surface area (Å²) in [6.45, 7) is 0. The van der Waals surface area contributed by atoms with Crippen LogP contribution in [0.1, 0.15) is 12.8 Å². The molecule has 0 aliphatic carbocycles. The van der Waals surface area contributed by atoms with E-state index in [1.807, 2.05) is 5.32 Å². The van der Waals surface area contributed by atoms with E-state index in [0.29, 0.717) is 5.75 Å². The van der Waals surface area contributed by atoms with Crippen molar-refractivity contribution in [2.75, 3.05) is 7.05 Å². The SMILES string of the molecule is CN(O)C(=O)C1(S(=O)(=O)c2ccccc2Oc2ccccc2)CC(=O)NC(=O)C1. The Hall–Kier alpha value is -3.24. The molecule has 0 saturated carbocycles. The third kappa shape index (κ3) is 3.71. The molecule has 1 aliphatic heterocycles. The fraction of sp³-hybridized carbons (Fsp3) is 0.211. The van der Waals surface area contributed by atoms with E-state index in [9.17, 15) is 28.0 Å². The summed E-state index contributed by atoms with van der Waals surface area (Å²) in [6.07, 6.45) is -1.63. The fourth-order valence-corrected chi connectivity index (χ4v) is 5.22. The van der Waals surface area contributed by atoms with E-state index in [4.69, 9.17) is 4.74 Å². The van der Waals surface area contributed by atoms with Crippen molar-refractivity contribution in [3.8, 4) is 11.5 Å². The van der Waals surface area contributed by atoms with Crippen LogP contribution in [0.4, 0.5) is 0 Å². The Labute approximate surface area is 166 Å². The van der Waals surface area contributed by atoms with Crippen LogP contribution in [0.15, 0.2) is 59.5 Å². The maximum atomic E-state index is 13.6. The maximum absolute atomic E-state index is 13.6. The van der Waals surface area contributed by atoms with Gasteiger partial charge in [0.25, 0.3) is 5.91 Å². The Bertz CT molecular complexity index is 1050. The molecule has 0 bridgehead atoms. The predicted octanol–water partition coefficient (Wildman–Crippen LogP) is 1.28. The summed E-state index contributed by atoms with van der Waals surface area (Å²) < 4.78 is 30.4. The first-order valence-corrected chi connectivity index (χ1v) is 10.0. The largest absolute Gasteiger partial charge is 0.456 e. The van der Waals surface area contributed by atoms with Gasteiger partial charge >= 0.3 is 0 Å². The van der Waals surface area contributed by atoms with Crippen molar-refractivity contribution in [1.82, 2.24) is 10.4 Å². The Morgan fingerprint density at radius 3 is 2.17 bits per heavy atom. The van der Waals surface area contributed by atoms with Crippen molar-refractivity contribution in [2.24, 2.45) is 0 Å². The summed E-state index contributed by atoms with van der Waals surface area (Å²) in [6, 6.07) is 14.0. The van der Waals surface area contributed by atoms with Crippen LogP contribution in [0.5, 0.6) is 11.5 Å². The monoisotopic (exact) mass is 418 g/mol. The average molecular weight is 418 g/mol. The van der Waals surface area contributed by atoms with E-state index in [0.717, 1.165) is 7.05 Å². The quantitative estimate of drug-likeness (QED) is 0.425. The molecular formula is C19H18N2O7S. The number of hydrogen-bond acceptors (Lipinski definition) is 7. The summed E-state index contributed by atoms with van der Waals surface area (Å²) >= 11 is 0. The highest BCUT2D eigenvalue weighted by Crippen LogP contribution is 2.40. The number of benzene rings is 2. The first-order valence-electron chi connectivity index (χ1n) is 8.54. The molecule has 152 valence electrons. The summed E-state index contributed by atoms with van der Waals surface area (Å²) in [4.78, 5) is 36.3. The molecule has 3 rings (SSSR count). The molecule has 0 spiro atoms. The van der Waals surface area contributed by atoms with Crippen LogP contribution in [0.3, 0.4) is 0 Å². The Balaban J connectivity index is 2.16. The van der Waals surface area contributed by atoms with Crippen molar-refractivity contribution < 1.29 is 32.7 Å². The Kier molecular flexibility index (Phi) is 5.40. The molecule has 3 amide bonds. The molecule has 0 aromatic heterocycles. The molecule has 2 N–H and O–H groups in total. The van der Waals surface area contributed by atoms with Crippen molar-refractivity contribution in [2.45, 2.75) is 22.5 Å². The Morgan fingerprint density at radius 2 is 1.59 bits per heavy atom. The second-order valence-electron chi connectivity index (χ2n) is 6.51. The summed E-state index contributed by atoms with van der Waals surface area (Å²) in [7, 11) is -3.71. The number of nitrogens with zero attached hydrogens (tertiary/aromatic N) is 1. The molecule has 9 nitrogen and oxygen atoms in total. The lowest BCUT2D eigenvalue weighted by molar-refractivity contribution is -0.165. The lowest BCUT2D eigenvalue weighted by atomic mass is 9.94. The summed E-state index contributed by atoms with van der Waals surface area (Å²) in [5.41, 5.74) is 0. The van der Waals surface area contributed by atoms with Gasteiger partial charge in [-0.2, -0.15) is 0 Å². The third-order valence-electron chi connectivity index (χ3n) is 4.48. The van der Waals surface area contributed by atoms with Gasteiger partial charge in [-0.05, 0) is 24.3 Å². The molecule has 2 aromatic rings. The molecular weight excluding hydrogens is 400 g/mol. The highest BCUT2D eigenvalue weighted by atomic mass is 32.2. The van der Waals surface area contributed by atoms with Gasteiger partial charge in [0.2, 0.25) is 11.8 Å². The van der Waals surface area contributed by atoms with E-state index in [2.05, 4.69) is 0 Å². The van der Waals surface area contributed by atoms with Crippen LogP contribution >= 0.6 is 0 Å². The van der Waals surface area contributed by atoms with Gasteiger partial charge in [0.1, 0.15) is 16.4 Å². The minimum atomic E-state index is -4.64. The topological polar surface area (TPSA) is 130 Å². The van der Waals surface area contributed by atoms with Crippen LogP contribution in [-0.4, -0.2) is 48.2 Å². The third-order valence-corrected chi connectivity index (χ3v) is 6.89. The minimum absolute atomic E-state index is 0.0735. The lowest BCUT2D eigenvalue weighted by Crippen LogP contribution is -2.60. The number of ether oxygens (including phenoxy) is 1. The lowest BCUT2D eigenvalue weighted by Gasteiger charge is -2.35. The van der Waals surface area contributed by atoms with Crippen molar-refractivity contribution in [3.63, 3.8) is 0 Å². The number of rotatable bonds is 5. The van der Waals surface area contributed by atoms with Crippen LogP contribution in [-0.2, 0) is 24.2 Å². The highest BCUT2D eigenvalue weighted by Gasteiger charge is 2.58. The zero-order valence-corrected chi connectivity index (χ0v) is 16.2. The molecule has 1 aliphatic rings. The van der Waals surface area contributed by atoms with E-state index < -0.39 is 45.1 Å². The molecule has 1 heterocycles. The van der Waals surface area contributed by atoms with Crippen molar-refractivity contribution in [1.29, 1.82) is 0 Å². The van der Waals surface area contributed by atoms with Gasteiger partial charge in [0, 0.05) is 7.05 Å². The van der Waals surface area contributed by atoms with E-state index in [1.165, 1.54) is 18.2 Å². The van der Waals surface area contributed by atoms with Crippen molar-refractivity contribution >= 4 is 27.6 Å². The molecule has 1 saturated heterocycles. The molecule has 10 heteroatoms. The number of amides is 3. The van der Waals surface area contributed by atoms with Gasteiger partial charge in [0.15, 0.2) is 14.6 Å². The number of carbonyl (C=O) groups excluding carboxylic acids is 3. The van der Waals surface area contributed by atoms with Gasteiger partial charge in [-0.3, -0.25) is 24.9 Å². The van der Waals surface area contributed by atoms with Crippen molar-refractivity contribution in [3.05, 3.63) is 54.6 Å². The van der Waals surface area contributed by atoms with Gasteiger partial charge in [-0.25, -0.2) is 13.5 Å². The second kappa shape index (κ2) is 7.64. The number of imide groups is 1. The van der Waals surface area contributed by atoms with Crippen LogP contribution in [0, 0.1) is 0 Å². The number of carbonyl (C=O) groups is 3. The number of hydroxylamine groups is 2. The number of sulfone groups is 1. The van der Waals surface area contributed by atoms with Gasteiger partial charge < -0.3 is 4.74 Å². The van der Waals surface area contributed by atoms with Gasteiger partial charge in [0.05, 0.1) is 12.8 Å². The molecule has 0 radical (unpaired) electrons. The van der Waals surface area contributed by atoms with Gasteiger partial charge in [-0.15, -0.1) is 0 Å². The predicted molar refractivity (Wildman–Crippen MR) is 99.8 cm³/mol. The molecule has 0 unspecified atom stereocenters. The van der Waals surface area contributed by atoms with Crippen LogP contribution in [0.2, 0.25) is 0 Å². The molecule has 1 fully saturated rings. The zero-order chi connectivity index (χ0) is 21.2. The maximum Gasteiger partial charge on any atom is 0.268 e. The molecule has 29 heavy (non-hydrogen) atoms. The number of nitrogens with one attached hydrogen (secondary N) is 1. The number of hydrogen-bond donors (Lipinski definition) is 2. The molecule has 2 aromatic carbocycles. The average Bonchev–Trinajstić information content (AvgIpc) is 2.67.